The van der Waals surface area contributed by atoms with Gasteiger partial charge in [0, 0.05) is 42.7 Å². The van der Waals surface area contributed by atoms with Crippen LogP contribution in [0.5, 0.6) is 0 Å². The minimum absolute atomic E-state index is 0.225. The predicted octanol–water partition coefficient (Wildman–Crippen LogP) is 1.67. The molecule has 0 radical (unpaired) electrons. The predicted molar refractivity (Wildman–Crippen MR) is 88.9 cm³/mol. The minimum Gasteiger partial charge on any atom is -0.382 e. The Morgan fingerprint density at radius 1 is 1.38 bits per heavy atom. The average Bonchev–Trinajstić information content (AvgIpc) is 2.60. The van der Waals surface area contributed by atoms with Gasteiger partial charge in [-0.25, -0.2) is 0 Å². The van der Waals surface area contributed by atoms with Crippen LogP contribution < -0.4 is 10.6 Å². The Balaban J connectivity index is 1.66. The number of ether oxygens (including phenoxy) is 1. The van der Waals surface area contributed by atoms with Crippen molar-refractivity contribution < 1.29 is 14.5 Å². The van der Waals surface area contributed by atoms with Crippen molar-refractivity contribution in [2.75, 3.05) is 7.11 Å². The highest BCUT2D eigenvalue weighted by molar-refractivity contribution is 5.47. The number of carbonyl (C=O) groups excluding carboxylic acids is 1. The number of nitrogens with one attached hydrogen (secondary N) is 2. The lowest BCUT2D eigenvalue weighted by Gasteiger charge is -2.37. The van der Waals surface area contributed by atoms with Crippen molar-refractivity contribution in [3.63, 3.8) is 0 Å². The Labute approximate surface area is 141 Å². The number of amides is 1. The first-order valence-corrected chi connectivity index (χ1v) is 8.64. The highest BCUT2D eigenvalue weighted by Crippen LogP contribution is 2.35. The fraction of sp³-hybridized carbons (Fsp3) is 0.706. The second-order valence-corrected chi connectivity index (χ2v) is 6.89. The van der Waals surface area contributed by atoms with E-state index < -0.39 is 6.04 Å². The van der Waals surface area contributed by atoms with Crippen molar-refractivity contribution in [3.05, 3.63) is 33.0 Å². The van der Waals surface area contributed by atoms with Gasteiger partial charge in [0.15, 0.2) is 0 Å². The molecule has 7 nitrogen and oxygen atoms in total. The molecule has 4 atom stereocenters. The molecular weight excluding hydrogens is 310 g/mol. The summed E-state index contributed by atoms with van der Waals surface area (Å²) >= 11 is 0. The van der Waals surface area contributed by atoms with E-state index in [1.807, 2.05) is 6.08 Å². The molecule has 1 amide bonds. The third-order valence-electron chi connectivity index (χ3n) is 5.56. The molecule has 7 heteroatoms. The van der Waals surface area contributed by atoms with Crippen molar-refractivity contribution in [1.29, 1.82) is 0 Å². The molecule has 0 saturated heterocycles. The summed E-state index contributed by atoms with van der Waals surface area (Å²) in [7, 11) is 1.56. The van der Waals surface area contributed by atoms with Gasteiger partial charge in [0.25, 0.3) is 0 Å². The van der Waals surface area contributed by atoms with Crippen LogP contribution in [0.4, 0.5) is 0 Å². The molecular formula is C17H25N3O4. The first-order chi connectivity index (χ1) is 11.6. The fourth-order valence-electron chi connectivity index (χ4n) is 4.19. The molecule has 0 aromatic carbocycles. The lowest BCUT2D eigenvalue weighted by molar-refractivity contribution is -0.534. The van der Waals surface area contributed by atoms with Crippen LogP contribution >= 0.6 is 0 Å². The van der Waals surface area contributed by atoms with E-state index in [0.29, 0.717) is 12.8 Å². The first kappa shape index (κ1) is 17.0. The average molecular weight is 335 g/mol. The van der Waals surface area contributed by atoms with Crippen molar-refractivity contribution in [1.82, 2.24) is 10.6 Å². The molecule has 3 rings (SSSR count). The summed E-state index contributed by atoms with van der Waals surface area (Å²) in [6.07, 6.45) is 8.41. The van der Waals surface area contributed by atoms with E-state index in [2.05, 4.69) is 10.6 Å². The van der Waals surface area contributed by atoms with Gasteiger partial charge in [0.1, 0.15) is 6.10 Å². The number of nitro groups is 1. The molecule has 4 unspecified atom stereocenters. The first-order valence-electron chi connectivity index (χ1n) is 8.64. The lowest BCUT2D eigenvalue weighted by atomic mass is 9.81. The number of allylic oxidation sites excluding steroid dienone is 1. The molecule has 0 aromatic rings. The summed E-state index contributed by atoms with van der Waals surface area (Å²) in [5.41, 5.74) is 3.96. The van der Waals surface area contributed by atoms with Gasteiger partial charge >= 0.3 is 0 Å². The van der Waals surface area contributed by atoms with Crippen LogP contribution in [0.2, 0.25) is 0 Å². The summed E-state index contributed by atoms with van der Waals surface area (Å²) in [6, 6.07) is -0.126. The van der Waals surface area contributed by atoms with Crippen LogP contribution in [0, 0.1) is 10.1 Å². The van der Waals surface area contributed by atoms with Gasteiger partial charge in [-0.3, -0.25) is 14.9 Å². The number of hydrogen-bond donors (Lipinski definition) is 2. The van der Waals surface area contributed by atoms with Gasteiger partial charge in [-0.2, -0.15) is 0 Å². The van der Waals surface area contributed by atoms with Crippen molar-refractivity contribution in [3.8, 4) is 0 Å². The van der Waals surface area contributed by atoms with E-state index >= 15 is 0 Å². The molecule has 3 aliphatic rings. The van der Waals surface area contributed by atoms with Gasteiger partial charge in [0.05, 0.1) is 0 Å². The molecule has 2 aliphatic carbocycles. The number of rotatable bonds is 5. The third-order valence-corrected chi connectivity index (χ3v) is 5.56. The molecule has 0 saturated carbocycles. The number of hydrogen-bond acceptors (Lipinski definition) is 5. The van der Waals surface area contributed by atoms with Gasteiger partial charge in [-0.1, -0.05) is 6.08 Å². The van der Waals surface area contributed by atoms with Crippen molar-refractivity contribution in [2.45, 2.75) is 69.2 Å². The van der Waals surface area contributed by atoms with Gasteiger partial charge in [-0.05, 0) is 43.3 Å². The zero-order valence-corrected chi connectivity index (χ0v) is 14.0. The van der Waals surface area contributed by atoms with E-state index in [9.17, 15) is 14.9 Å². The second-order valence-electron chi connectivity index (χ2n) is 6.89. The molecule has 0 bridgehead atoms. The molecule has 0 aromatic heterocycles. The van der Waals surface area contributed by atoms with E-state index in [4.69, 9.17) is 4.74 Å². The Kier molecular flexibility index (Phi) is 5.18. The van der Waals surface area contributed by atoms with Crippen LogP contribution in [0.25, 0.3) is 0 Å². The third kappa shape index (κ3) is 3.45. The monoisotopic (exact) mass is 335 g/mol. The summed E-state index contributed by atoms with van der Waals surface area (Å²) in [5, 5.41) is 17.7. The lowest BCUT2D eigenvalue weighted by Crippen LogP contribution is -2.44. The highest BCUT2D eigenvalue weighted by atomic mass is 16.6. The summed E-state index contributed by atoms with van der Waals surface area (Å²) < 4.78 is 5.37. The standard InChI is InChI=1S/C17H25N3O4/c1-24-17-9-12(3-7-16(17)20(22)23)14-5-2-11-8-13(18-10-21)4-6-15(11)19-14/h3,10,13-14,16-17,19H,2,4-9H2,1H3,(H,18,21). The molecule has 2 N–H and O–H groups in total. The van der Waals surface area contributed by atoms with Crippen LogP contribution in [0.3, 0.4) is 0 Å². The SMILES string of the molecule is COC1CC(C2CCC3=C(CCC(NC=O)C3)N2)=CCC1[N+](=O)[O-]. The Morgan fingerprint density at radius 3 is 2.92 bits per heavy atom. The van der Waals surface area contributed by atoms with E-state index in [-0.39, 0.29) is 23.1 Å². The maximum Gasteiger partial charge on any atom is 0.242 e. The Hall–Kier alpha value is -1.89. The number of methoxy groups -OCH3 is 1. The van der Waals surface area contributed by atoms with Crippen LogP contribution in [-0.2, 0) is 9.53 Å². The minimum atomic E-state index is -0.637. The van der Waals surface area contributed by atoms with Gasteiger partial charge < -0.3 is 15.4 Å². The maximum absolute atomic E-state index is 11.1. The van der Waals surface area contributed by atoms with Crippen LogP contribution in [0.15, 0.2) is 22.9 Å². The molecule has 0 fully saturated rings. The van der Waals surface area contributed by atoms with Gasteiger partial charge in [0.2, 0.25) is 12.5 Å². The summed E-state index contributed by atoms with van der Waals surface area (Å²) in [4.78, 5) is 21.5. The highest BCUT2D eigenvalue weighted by Gasteiger charge is 2.37. The summed E-state index contributed by atoms with van der Waals surface area (Å²) in [5.74, 6) is 0. The quantitative estimate of drug-likeness (QED) is 0.345. The van der Waals surface area contributed by atoms with Crippen LogP contribution in [0.1, 0.15) is 44.9 Å². The molecule has 0 spiro atoms. The van der Waals surface area contributed by atoms with E-state index in [1.165, 1.54) is 16.8 Å². The zero-order chi connectivity index (χ0) is 17.1. The molecule has 24 heavy (non-hydrogen) atoms. The smallest absolute Gasteiger partial charge is 0.242 e. The van der Waals surface area contributed by atoms with Crippen LogP contribution in [-0.4, -0.2) is 42.7 Å². The largest absolute Gasteiger partial charge is 0.382 e. The summed E-state index contributed by atoms with van der Waals surface area (Å²) in [6.45, 7) is 0. The molecule has 1 heterocycles. The topological polar surface area (TPSA) is 93.5 Å². The fourth-order valence-corrected chi connectivity index (χ4v) is 4.19. The zero-order valence-electron chi connectivity index (χ0n) is 14.0. The maximum atomic E-state index is 11.1. The van der Waals surface area contributed by atoms with Crippen molar-refractivity contribution >= 4 is 6.41 Å². The Morgan fingerprint density at radius 2 is 2.21 bits per heavy atom. The molecule has 1 aliphatic heterocycles. The number of carbonyl (C=O) groups is 1. The second kappa shape index (κ2) is 7.34. The van der Waals surface area contributed by atoms with Crippen molar-refractivity contribution in [2.24, 2.45) is 0 Å². The Bertz CT molecular complexity index is 572. The van der Waals surface area contributed by atoms with E-state index in [1.54, 1.807) is 7.11 Å². The van der Waals surface area contributed by atoms with Gasteiger partial charge in [-0.15, -0.1) is 0 Å². The molecule has 132 valence electrons. The number of nitrogens with zero attached hydrogens (tertiary/aromatic N) is 1. The van der Waals surface area contributed by atoms with E-state index in [0.717, 1.165) is 38.5 Å². The normalized spacial score (nSPS) is 33.1.